The Morgan fingerprint density at radius 3 is 3.05 bits per heavy atom. The zero-order valence-corrected chi connectivity index (χ0v) is 10.7. The first-order valence-electron chi connectivity index (χ1n) is 5.69. The van der Waals surface area contributed by atoms with Crippen LogP contribution in [0, 0.1) is 11.3 Å². The van der Waals surface area contributed by atoms with Gasteiger partial charge in [0.1, 0.15) is 5.15 Å². The van der Waals surface area contributed by atoms with Gasteiger partial charge in [-0.3, -0.25) is 0 Å². The van der Waals surface area contributed by atoms with Gasteiger partial charge in [0.05, 0.1) is 17.4 Å². The molecule has 0 aliphatic carbocycles. The van der Waals surface area contributed by atoms with Gasteiger partial charge in [-0.2, -0.15) is 5.26 Å². The highest BCUT2D eigenvalue weighted by Gasteiger charge is 2.27. The molecule has 0 unspecified atom stereocenters. The van der Waals surface area contributed by atoms with E-state index < -0.39 is 0 Å². The summed E-state index contributed by atoms with van der Waals surface area (Å²) in [7, 11) is 0. The summed E-state index contributed by atoms with van der Waals surface area (Å²) in [6.07, 6.45) is 5.86. The maximum Gasteiger partial charge on any atom is 0.151 e. The Bertz CT molecular complexity index is 706. The van der Waals surface area contributed by atoms with Gasteiger partial charge in [-0.05, 0) is 18.2 Å². The highest BCUT2D eigenvalue weighted by molar-refractivity contribution is 6.34. The average molecular weight is 269 g/mol. The monoisotopic (exact) mass is 268 g/mol. The lowest BCUT2D eigenvalue weighted by Crippen LogP contribution is -2.16. The summed E-state index contributed by atoms with van der Waals surface area (Å²) in [5, 5.41) is 9.53. The largest absolute Gasteiger partial charge is 0.305 e. The van der Waals surface area contributed by atoms with Crippen LogP contribution in [0.25, 0.3) is 0 Å². The molecule has 3 heterocycles. The van der Waals surface area contributed by atoms with E-state index in [1.54, 1.807) is 12.3 Å². The van der Waals surface area contributed by atoms with Crippen LogP contribution in [0.1, 0.15) is 12.0 Å². The molecule has 0 radical (unpaired) electrons. The van der Waals surface area contributed by atoms with Crippen LogP contribution in [0.3, 0.4) is 0 Å². The first-order chi connectivity index (χ1) is 9.20. The molecule has 4 nitrogen and oxygen atoms in total. The first kappa shape index (κ1) is 11.7. The van der Waals surface area contributed by atoms with E-state index in [-0.39, 0.29) is 0 Å². The molecule has 3 rings (SSSR count). The van der Waals surface area contributed by atoms with E-state index in [0.717, 1.165) is 11.3 Å². The second-order valence-corrected chi connectivity index (χ2v) is 4.54. The molecular weight excluding hydrogens is 260 g/mol. The van der Waals surface area contributed by atoms with Gasteiger partial charge in [-0.1, -0.05) is 18.2 Å². The third kappa shape index (κ3) is 1.85. The molecule has 0 N–H and O–H groups in total. The minimum atomic E-state index is 0.398. The van der Waals surface area contributed by atoms with Crippen molar-refractivity contribution in [2.45, 2.75) is 6.42 Å². The lowest BCUT2D eigenvalue weighted by molar-refractivity contribution is 0.588. The van der Waals surface area contributed by atoms with Gasteiger partial charge in [-0.15, -0.1) is 0 Å². The second kappa shape index (κ2) is 4.38. The Hall–Kier alpha value is -2.38. The van der Waals surface area contributed by atoms with E-state index in [1.165, 1.54) is 0 Å². The Labute approximate surface area is 115 Å². The molecule has 0 saturated carbocycles. The summed E-state index contributed by atoms with van der Waals surface area (Å²) in [4.78, 5) is 10.4. The van der Waals surface area contributed by atoms with E-state index in [4.69, 9.17) is 16.9 Å². The number of nitrogens with zero attached hydrogens (tertiary/aromatic N) is 4. The molecular formula is C14H9ClN4. The SMILES string of the molecule is C=C1CC(C#N)=C2N=C(c3cccnc3Cl)C=CN12. The molecule has 92 valence electrons. The van der Waals surface area contributed by atoms with E-state index in [0.29, 0.717) is 28.7 Å². The topological polar surface area (TPSA) is 52.3 Å². The Balaban J connectivity index is 2.11. The molecule has 5 heteroatoms. The summed E-state index contributed by atoms with van der Waals surface area (Å²) in [6.45, 7) is 3.93. The quantitative estimate of drug-likeness (QED) is 0.736. The van der Waals surface area contributed by atoms with Crippen molar-refractivity contribution in [3.63, 3.8) is 0 Å². The van der Waals surface area contributed by atoms with Gasteiger partial charge >= 0.3 is 0 Å². The molecule has 0 atom stereocenters. The molecule has 0 aromatic carbocycles. The van der Waals surface area contributed by atoms with Gasteiger partial charge in [-0.25, -0.2) is 9.98 Å². The fraction of sp³-hybridized carbons (Fsp3) is 0.0714. The molecule has 1 aromatic heterocycles. The minimum absolute atomic E-state index is 0.398. The summed E-state index contributed by atoms with van der Waals surface area (Å²) in [6, 6.07) is 5.82. The van der Waals surface area contributed by atoms with Crippen molar-refractivity contribution in [3.8, 4) is 6.07 Å². The number of aromatic nitrogens is 1. The van der Waals surface area contributed by atoms with Crippen LogP contribution in [0.2, 0.25) is 5.15 Å². The summed E-state index contributed by atoms with van der Waals surface area (Å²) >= 11 is 6.06. The number of halogens is 1. The van der Waals surface area contributed by atoms with Crippen LogP contribution in [0.15, 0.2) is 59.3 Å². The number of aliphatic imine (C=N–C) groups is 1. The van der Waals surface area contributed by atoms with Gasteiger partial charge < -0.3 is 4.90 Å². The van der Waals surface area contributed by atoms with Crippen molar-refractivity contribution >= 4 is 17.3 Å². The average Bonchev–Trinajstić information content (AvgIpc) is 2.75. The standard InChI is InChI=1S/C14H9ClN4/c1-9-7-10(8-16)14-18-12(4-6-19(9)14)11-3-2-5-17-13(11)15/h2-6H,1,7H2. The molecule has 0 bridgehead atoms. The van der Waals surface area contributed by atoms with Crippen molar-refractivity contribution in [1.29, 1.82) is 5.26 Å². The van der Waals surface area contributed by atoms with Crippen LogP contribution in [0.5, 0.6) is 0 Å². The number of rotatable bonds is 1. The molecule has 19 heavy (non-hydrogen) atoms. The van der Waals surface area contributed by atoms with Crippen molar-refractivity contribution in [2.24, 2.45) is 4.99 Å². The second-order valence-electron chi connectivity index (χ2n) is 4.18. The number of allylic oxidation sites excluding steroid dienone is 2. The number of pyridine rings is 1. The molecule has 2 aliphatic rings. The van der Waals surface area contributed by atoms with E-state index in [9.17, 15) is 0 Å². The van der Waals surface area contributed by atoms with Crippen molar-refractivity contribution in [2.75, 3.05) is 0 Å². The highest BCUT2D eigenvalue weighted by Crippen LogP contribution is 2.34. The number of hydrogen-bond donors (Lipinski definition) is 0. The zero-order chi connectivity index (χ0) is 13.4. The maximum absolute atomic E-state index is 9.13. The van der Waals surface area contributed by atoms with Crippen molar-refractivity contribution in [1.82, 2.24) is 9.88 Å². The molecule has 2 aliphatic heterocycles. The smallest absolute Gasteiger partial charge is 0.151 e. The van der Waals surface area contributed by atoms with Crippen LogP contribution in [-0.2, 0) is 0 Å². The van der Waals surface area contributed by atoms with Crippen LogP contribution in [-0.4, -0.2) is 15.6 Å². The third-order valence-electron chi connectivity index (χ3n) is 3.00. The fourth-order valence-electron chi connectivity index (χ4n) is 2.07. The van der Waals surface area contributed by atoms with E-state index >= 15 is 0 Å². The van der Waals surface area contributed by atoms with Crippen molar-refractivity contribution < 1.29 is 0 Å². The predicted molar refractivity (Wildman–Crippen MR) is 73.2 cm³/mol. The van der Waals surface area contributed by atoms with Crippen LogP contribution in [0.4, 0.5) is 0 Å². The molecule has 0 fully saturated rings. The van der Waals surface area contributed by atoms with Gasteiger partial charge in [0, 0.05) is 30.1 Å². The lowest BCUT2D eigenvalue weighted by Gasteiger charge is -2.20. The van der Waals surface area contributed by atoms with Crippen LogP contribution >= 0.6 is 11.6 Å². The molecule has 0 saturated heterocycles. The van der Waals surface area contributed by atoms with Crippen LogP contribution < -0.4 is 0 Å². The highest BCUT2D eigenvalue weighted by atomic mass is 35.5. The zero-order valence-electron chi connectivity index (χ0n) is 9.97. The Kier molecular flexibility index (Phi) is 2.69. The Morgan fingerprint density at radius 2 is 2.32 bits per heavy atom. The van der Waals surface area contributed by atoms with Gasteiger partial charge in [0.2, 0.25) is 0 Å². The predicted octanol–water partition coefficient (Wildman–Crippen LogP) is 3.01. The maximum atomic E-state index is 9.13. The third-order valence-corrected chi connectivity index (χ3v) is 3.30. The number of nitriles is 1. The first-order valence-corrected chi connectivity index (χ1v) is 6.06. The Morgan fingerprint density at radius 1 is 1.47 bits per heavy atom. The van der Waals surface area contributed by atoms with Gasteiger partial charge in [0.25, 0.3) is 0 Å². The minimum Gasteiger partial charge on any atom is -0.305 e. The van der Waals surface area contributed by atoms with E-state index in [1.807, 2.05) is 23.2 Å². The van der Waals surface area contributed by atoms with Crippen molar-refractivity contribution in [3.05, 3.63) is 65.0 Å². The number of hydrogen-bond acceptors (Lipinski definition) is 4. The fourth-order valence-corrected chi connectivity index (χ4v) is 2.29. The van der Waals surface area contributed by atoms with E-state index in [2.05, 4.69) is 22.6 Å². The summed E-state index contributed by atoms with van der Waals surface area (Å²) < 4.78 is 0. The molecule has 1 aromatic rings. The molecule has 0 spiro atoms. The number of fused-ring (bicyclic) bond motifs is 1. The summed E-state index contributed by atoms with van der Waals surface area (Å²) in [5.74, 6) is 0.630. The molecule has 0 amide bonds. The lowest BCUT2D eigenvalue weighted by atomic mass is 10.1. The summed E-state index contributed by atoms with van der Waals surface area (Å²) in [5.41, 5.74) is 2.92. The van der Waals surface area contributed by atoms with Gasteiger partial charge in [0.15, 0.2) is 5.82 Å². The normalized spacial score (nSPS) is 17.4.